The number of aryl methyl sites for hydroxylation is 1. The molecular formula is C25H20ClFN2O4. The molecule has 3 aromatic carbocycles. The number of halogens is 2. The van der Waals surface area contributed by atoms with Gasteiger partial charge in [-0.25, -0.2) is 9.29 Å². The Bertz CT molecular complexity index is 1310. The third kappa shape index (κ3) is 4.15. The number of hydrogen-bond acceptors (Lipinski definition) is 5. The lowest BCUT2D eigenvalue weighted by atomic mass is 10.0. The molecule has 1 aliphatic heterocycles. The SMILES string of the molecule is COc1ccc(C2=C(Nc3ccc(C)c(Cl)c3)C(=O)N(c3cccc(F)c3)C2=O)cc1OC. The summed E-state index contributed by atoms with van der Waals surface area (Å²) in [5.74, 6) is -0.914. The molecule has 1 heterocycles. The molecule has 0 aliphatic carbocycles. The third-order valence-electron chi connectivity index (χ3n) is 5.26. The van der Waals surface area contributed by atoms with Gasteiger partial charge in [-0.15, -0.1) is 0 Å². The van der Waals surface area contributed by atoms with Gasteiger partial charge >= 0.3 is 0 Å². The Morgan fingerprint density at radius 2 is 1.67 bits per heavy atom. The van der Waals surface area contributed by atoms with Crippen LogP contribution >= 0.6 is 11.6 Å². The molecule has 3 aromatic rings. The quantitative estimate of drug-likeness (QED) is 0.506. The fourth-order valence-corrected chi connectivity index (χ4v) is 3.75. The molecule has 0 spiro atoms. The highest BCUT2D eigenvalue weighted by atomic mass is 35.5. The van der Waals surface area contributed by atoms with Gasteiger partial charge in [0.25, 0.3) is 11.8 Å². The molecule has 1 N–H and O–H groups in total. The first kappa shape index (κ1) is 22.4. The largest absolute Gasteiger partial charge is 0.493 e. The highest BCUT2D eigenvalue weighted by molar-refractivity contribution is 6.46. The molecule has 6 nitrogen and oxygen atoms in total. The van der Waals surface area contributed by atoms with E-state index >= 15 is 0 Å². The lowest BCUT2D eigenvalue weighted by Gasteiger charge is -2.15. The summed E-state index contributed by atoms with van der Waals surface area (Å²) in [7, 11) is 2.98. The van der Waals surface area contributed by atoms with Gasteiger partial charge in [-0.05, 0) is 60.5 Å². The average molecular weight is 467 g/mol. The Kier molecular flexibility index (Phi) is 6.07. The second-order valence-electron chi connectivity index (χ2n) is 7.33. The first-order chi connectivity index (χ1) is 15.8. The minimum atomic E-state index is -0.618. The normalized spacial score (nSPS) is 13.5. The van der Waals surface area contributed by atoms with Gasteiger partial charge in [-0.3, -0.25) is 9.59 Å². The van der Waals surface area contributed by atoms with Crippen LogP contribution in [0.2, 0.25) is 5.02 Å². The molecule has 0 saturated heterocycles. The van der Waals surface area contributed by atoms with Gasteiger partial charge in [0, 0.05) is 10.7 Å². The van der Waals surface area contributed by atoms with Crippen LogP contribution in [-0.2, 0) is 9.59 Å². The Balaban J connectivity index is 1.86. The zero-order valence-electron chi connectivity index (χ0n) is 18.1. The van der Waals surface area contributed by atoms with Gasteiger partial charge in [0.05, 0.1) is 25.5 Å². The molecule has 2 amide bonds. The van der Waals surface area contributed by atoms with Crippen molar-refractivity contribution >= 4 is 40.4 Å². The second kappa shape index (κ2) is 8.96. The highest BCUT2D eigenvalue weighted by Crippen LogP contribution is 2.37. The van der Waals surface area contributed by atoms with E-state index in [4.69, 9.17) is 21.1 Å². The van der Waals surface area contributed by atoms with Crippen molar-refractivity contribution in [2.24, 2.45) is 0 Å². The van der Waals surface area contributed by atoms with Crippen LogP contribution in [0.4, 0.5) is 15.8 Å². The molecule has 1 aliphatic rings. The monoisotopic (exact) mass is 466 g/mol. The van der Waals surface area contributed by atoms with Gasteiger partial charge in [-0.2, -0.15) is 0 Å². The Morgan fingerprint density at radius 3 is 2.33 bits per heavy atom. The van der Waals surface area contributed by atoms with Crippen LogP contribution in [0.25, 0.3) is 5.57 Å². The van der Waals surface area contributed by atoms with Crippen molar-refractivity contribution in [3.8, 4) is 11.5 Å². The smallest absolute Gasteiger partial charge is 0.282 e. The Labute approximate surface area is 195 Å². The van der Waals surface area contributed by atoms with Crippen molar-refractivity contribution < 1.29 is 23.5 Å². The van der Waals surface area contributed by atoms with E-state index in [1.807, 2.05) is 6.92 Å². The summed E-state index contributed by atoms with van der Waals surface area (Å²) in [5, 5.41) is 3.54. The third-order valence-corrected chi connectivity index (χ3v) is 5.67. The number of rotatable bonds is 6. The average Bonchev–Trinajstić information content (AvgIpc) is 3.05. The Morgan fingerprint density at radius 1 is 0.909 bits per heavy atom. The molecule has 0 fully saturated rings. The zero-order valence-corrected chi connectivity index (χ0v) is 18.9. The molecular weight excluding hydrogens is 447 g/mol. The van der Waals surface area contributed by atoms with Crippen molar-refractivity contribution in [1.29, 1.82) is 0 Å². The second-order valence-corrected chi connectivity index (χ2v) is 7.74. The van der Waals surface area contributed by atoms with Crippen LogP contribution in [0, 0.1) is 12.7 Å². The van der Waals surface area contributed by atoms with Gasteiger partial charge < -0.3 is 14.8 Å². The van der Waals surface area contributed by atoms with Crippen molar-refractivity contribution in [3.63, 3.8) is 0 Å². The summed E-state index contributed by atoms with van der Waals surface area (Å²) in [6, 6.07) is 15.4. The maximum Gasteiger partial charge on any atom is 0.282 e. The number of carbonyl (C=O) groups excluding carboxylic acids is 2. The van der Waals surface area contributed by atoms with Gasteiger partial charge in [0.2, 0.25) is 0 Å². The lowest BCUT2D eigenvalue weighted by Crippen LogP contribution is -2.32. The number of carbonyl (C=O) groups is 2. The summed E-state index contributed by atoms with van der Waals surface area (Å²) in [5.41, 5.74) is 2.11. The van der Waals surface area contributed by atoms with E-state index in [2.05, 4.69) is 5.32 Å². The fourth-order valence-electron chi connectivity index (χ4n) is 3.57. The number of nitrogens with zero attached hydrogens (tertiary/aromatic N) is 1. The minimum Gasteiger partial charge on any atom is -0.493 e. The summed E-state index contributed by atoms with van der Waals surface area (Å²) in [6.45, 7) is 1.86. The summed E-state index contributed by atoms with van der Waals surface area (Å²) < 4.78 is 24.5. The molecule has 0 bridgehead atoms. The molecule has 0 radical (unpaired) electrons. The van der Waals surface area contributed by atoms with E-state index in [-0.39, 0.29) is 17.0 Å². The van der Waals surface area contributed by atoms with Crippen LogP contribution in [0.3, 0.4) is 0 Å². The summed E-state index contributed by atoms with van der Waals surface area (Å²) >= 11 is 6.24. The van der Waals surface area contributed by atoms with Crippen LogP contribution in [0.1, 0.15) is 11.1 Å². The lowest BCUT2D eigenvalue weighted by molar-refractivity contribution is -0.120. The maximum atomic E-state index is 13.9. The first-order valence-corrected chi connectivity index (χ1v) is 10.4. The van der Waals surface area contributed by atoms with Crippen LogP contribution in [-0.4, -0.2) is 26.0 Å². The molecule has 0 aromatic heterocycles. The number of anilines is 2. The highest BCUT2D eigenvalue weighted by Gasteiger charge is 2.40. The van der Waals surface area contributed by atoms with E-state index in [0.717, 1.165) is 16.5 Å². The number of amides is 2. The molecule has 0 unspecified atom stereocenters. The number of methoxy groups -OCH3 is 2. The number of nitrogens with one attached hydrogen (secondary N) is 1. The van der Waals surface area contributed by atoms with Gasteiger partial charge in [0.1, 0.15) is 11.5 Å². The fraction of sp³-hybridized carbons (Fsp3) is 0.120. The van der Waals surface area contributed by atoms with Crippen LogP contribution < -0.4 is 19.7 Å². The van der Waals surface area contributed by atoms with Crippen molar-refractivity contribution in [3.05, 3.63) is 88.3 Å². The summed E-state index contributed by atoms with van der Waals surface area (Å²) in [4.78, 5) is 27.8. The first-order valence-electron chi connectivity index (χ1n) is 9.98. The molecule has 8 heteroatoms. The predicted octanol–water partition coefficient (Wildman–Crippen LogP) is 5.20. The van der Waals surface area contributed by atoms with Gasteiger partial charge in [0.15, 0.2) is 11.5 Å². The van der Waals surface area contributed by atoms with E-state index in [1.54, 1.807) is 36.4 Å². The molecule has 0 atom stereocenters. The predicted molar refractivity (Wildman–Crippen MR) is 125 cm³/mol. The molecule has 168 valence electrons. The van der Waals surface area contributed by atoms with Gasteiger partial charge in [-0.1, -0.05) is 29.8 Å². The van der Waals surface area contributed by atoms with Crippen molar-refractivity contribution in [2.45, 2.75) is 6.92 Å². The number of benzene rings is 3. The number of hydrogen-bond donors (Lipinski definition) is 1. The molecule has 33 heavy (non-hydrogen) atoms. The molecule has 0 saturated carbocycles. The standard InChI is InChI=1S/C25H20ClFN2O4/c1-14-7-9-17(13-19(14)26)28-23-22(15-8-10-20(32-2)21(11-15)33-3)24(30)29(25(23)31)18-6-4-5-16(27)12-18/h4-13,28H,1-3H3. The van der Waals surface area contributed by atoms with E-state index in [9.17, 15) is 14.0 Å². The topological polar surface area (TPSA) is 67.9 Å². The summed E-state index contributed by atoms with van der Waals surface area (Å²) in [6.07, 6.45) is 0. The van der Waals surface area contributed by atoms with E-state index < -0.39 is 17.6 Å². The maximum absolute atomic E-state index is 13.9. The van der Waals surface area contributed by atoms with Crippen LogP contribution in [0.5, 0.6) is 11.5 Å². The number of ether oxygens (including phenoxy) is 2. The van der Waals surface area contributed by atoms with E-state index in [1.165, 1.54) is 32.4 Å². The number of imide groups is 1. The Hall–Kier alpha value is -3.84. The van der Waals surface area contributed by atoms with Crippen LogP contribution in [0.15, 0.2) is 66.4 Å². The zero-order chi connectivity index (χ0) is 23.7. The minimum absolute atomic E-state index is 0.0383. The molecule has 4 rings (SSSR count). The van der Waals surface area contributed by atoms with Crippen molar-refractivity contribution in [1.82, 2.24) is 0 Å². The van der Waals surface area contributed by atoms with Crippen molar-refractivity contribution in [2.75, 3.05) is 24.4 Å². The van der Waals surface area contributed by atoms with E-state index in [0.29, 0.717) is 27.8 Å².